The Bertz CT molecular complexity index is 738. The lowest BCUT2D eigenvalue weighted by Crippen LogP contribution is -2.09. The predicted octanol–water partition coefficient (Wildman–Crippen LogP) is 4.19. The maximum Gasteiger partial charge on any atom is 0.416 e. The summed E-state index contributed by atoms with van der Waals surface area (Å²) in [6.07, 6.45) is -2.76. The van der Waals surface area contributed by atoms with Gasteiger partial charge in [0.05, 0.1) is 12.2 Å². The van der Waals surface area contributed by atoms with Crippen LogP contribution in [0.5, 0.6) is 11.6 Å². The van der Waals surface area contributed by atoms with Crippen LogP contribution in [0.15, 0.2) is 35.4 Å². The third kappa shape index (κ3) is 4.38. The van der Waals surface area contributed by atoms with E-state index >= 15 is 0 Å². The van der Waals surface area contributed by atoms with Gasteiger partial charge in [0, 0.05) is 0 Å². The quantitative estimate of drug-likeness (QED) is 0.590. The van der Waals surface area contributed by atoms with Gasteiger partial charge in [-0.1, -0.05) is 6.07 Å². The molecule has 0 saturated heterocycles. The first-order valence-electron chi connectivity index (χ1n) is 6.79. The minimum absolute atomic E-state index is 0.00592. The van der Waals surface area contributed by atoms with Gasteiger partial charge in [0.1, 0.15) is 16.3 Å². The van der Waals surface area contributed by atoms with Crippen LogP contribution in [0.25, 0.3) is 0 Å². The van der Waals surface area contributed by atoms with Gasteiger partial charge in [-0.15, -0.1) is 22.0 Å². The molecule has 128 valence electrons. The number of hydrogen-bond donors (Lipinski definition) is 0. The van der Waals surface area contributed by atoms with Gasteiger partial charge >= 0.3 is 12.1 Å². The molecule has 0 radical (unpaired) electrons. The topological polar surface area (TPSA) is 61.3 Å². The van der Waals surface area contributed by atoms with Crippen LogP contribution >= 0.6 is 11.8 Å². The van der Waals surface area contributed by atoms with Crippen LogP contribution in [-0.4, -0.2) is 29.0 Å². The number of nitrogens with zero attached hydrogens (tertiary/aromatic N) is 2. The lowest BCUT2D eigenvalue weighted by molar-refractivity contribution is -0.137. The average molecular weight is 358 g/mol. The van der Waals surface area contributed by atoms with Crippen molar-refractivity contribution in [2.24, 2.45) is 0 Å². The fourth-order valence-electron chi connectivity index (χ4n) is 1.74. The van der Waals surface area contributed by atoms with Crippen molar-refractivity contribution in [3.8, 4) is 11.6 Å². The zero-order valence-electron chi connectivity index (χ0n) is 12.8. The molecule has 0 unspecified atom stereocenters. The molecule has 24 heavy (non-hydrogen) atoms. The predicted molar refractivity (Wildman–Crippen MR) is 81.3 cm³/mol. The molecule has 1 heterocycles. The van der Waals surface area contributed by atoms with Crippen LogP contribution < -0.4 is 4.74 Å². The van der Waals surface area contributed by atoms with Gasteiger partial charge < -0.3 is 9.47 Å². The molecule has 2 rings (SSSR count). The fourth-order valence-corrected chi connectivity index (χ4v) is 2.10. The number of alkyl halides is 3. The highest BCUT2D eigenvalue weighted by Gasteiger charge is 2.30. The molecule has 5 nitrogen and oxygen atoms in total. The molecule has 0 amide bonds. The third-order valence-corrected chi connectivity index (χ3v) is 3.44. The number of aromatic nitrogens is 2. The molecule has 1 aromatic heterocycles. The Kier molecular flexibility index (Phi) is 5.66. The van der Waals surface area contributed by atoms with Crippen molar-refractivity contribution in [1.82, 2.24) is 10.2 Å². The van der Waals surface area contributed by atoms with E-state index in [0.717, 1.165) is 12.1 Å². The first kappa shape index (κ1) is 18.1. The van der Waals surface area contributed by atoms with Crippen LogP contribution in [-0.2, 0) is 10.9 Å². The van der Waals surface area contributed by atoms with Crippen molar-refractivity contribution in [2.75, 3.05) is 12.9 Å². The monoisotopic (exact) mass is 358 g/mol. The van der Waals surface area contributed by atoms with Crippen LogP contribution in [0.2, 0.25) is 0 Å². The first-order valence-corrected chi connectivity index (χ1v) is 8.01. The van der Waals surface area contributed by atoms with Crippen molar-refractivity contribution in [3.63, 3.8) is 0 Å². The lowest BCUT2D eigenvalue weighted by atomic mass is 10.2. The molecule has 0 aliphatic rings. The highest BCUT2D eigenvalue weighted by molar-refractivity contribution is 7.98. The lowest BCUT2D eigenvalue weighted by Gasteiger charge is -2.11. The molecular weight excluding hydrogens is 345 g/mol. The number of benzene rings is 1. The molecular formula is C15H13F3N2O3S. The zero-order valence-corrected chi connectivity index (χ0v) is 13.6. The Morgan fingerprint density at radius 2 is 2.00 bits per heavy atom. The summed E-state index contributed by atoms with van der Waals surface area (Å²) in [7, 11) is 0. The molecule has 0 spiro atoms. The summed E-state index contributed by atoms with van der Waals surface area (Å²) in [5, 5.41) is 8.04. The number of esters is 1. The highest BCUT2D eigenvalue weighted by atomic mass is 32.2. The second-order valence-corrected chi connectivity index (χ2v) is 5.28. The molecule has 0 bridgehead atoms. The molecule has 1 aromatic carbocycles. The van der Waals surface area contributed by atoms with Crippen molar-refractivity contribution in [3.05, 3.63) is 41.5 Å². The van der Waals surface area contributed by atoms with Gasteiger partial charge in [-0.2, -0.15) is 13.2 Å². The second kappa shape index (κ2) is 7.52. The normalized spacial score (nSPS) is 11.2. The minimum Gasteiger partial charge on any atom is -0.462 e. The molecule has 0 fully saturated rings. The Hall–Kier alpha value is -2.29. The number of halogens is 3. The smallest absolute Gasteiger partial charge is 0.416 e. The van der Waals surface area contributed by atoms with E-state index in [1.54, 1.807) is 13.2 Å². The minimum atomic E-state index is -4.50. The molecule has 9 heteroatoms. The Labute approximate surface area is 140 Å². The number of carbonyl (C=O) groups excluding carboxylic acids is 1. The Morgan fingerprint density at radius 1 is 1.25 bits per heavy atom. The fraction of sp³-hybridized carbons (Fsp3) is 0.267. The Balaban J connectivity index is 2.37. The Morgan fingerprint density at radius 3 is 2.62 bits per heavy atom. The van der Waals surface area contributed by atoms with E-state index in [1.165, 1.54) is 30.0 Å². The maximum absolute atomic E-state index is 12.8. The third-order valence-electron chi connectivity index (χ3n) is 2.82. The van der Waals surface area contributed by atoms with Gasteiger partial charge in [0.15, 0.2) is 0 Å². The van der Waals surface area contributed by atoms with E-state index in [0.29, 0.717) is 5.03 Å². The van der Waals surface area contributed by atoms with Gasteiger partial charge in [0.25, 0.3) is 5.88 Å². The highest BCUT2D eigenvalue weighted by Crippen LogP contribution is 2.33. The maximum atomic E-state index is 12.8. The number of rotatable bonds is 5. The first-order chi connectivity index (χ1) is 11.3. The van der Waals surface area contributed by atoms with Crippen LogP contribution in [0.1, 0.15) is 22.8 Å². The summed E-state index contributed by atoms with van der Waals surface area (Å²) in [6.45, 7) is 1.77. The van der Waals surface area contributed by atoms with Crippen molar-refractivity contribution in [2.45, 2.75) is 18.1 Å². The van der Waals surface area contributed by atoms with E-state index in [4.69, 9.17) is 9.47 Å². The number of hydrogen-bond acceptors (Lipinski definition) is 6. The largest absolute Gasteiger partial charge is 0.462 e. The summed E-state index contributed by atoms with van der Waals surface area (Å²) in [6, 6.07) is 5.68. The molecule has 0 atom stereocenters. The van der Waals surface area contributed by atoms with E-state index in [9.17, 15) is 18.0 Å². The number of thioether (sulfide) groups is 1. The van der Waals surface area contributed by atoms with Crippen LogP contribution in [0.3, 0.4) is 0 Å². The summed E-state index contributed by atoms with van der Waals surface area (Å²) in [5.41, 5.74) is -0.875. The van der Waals surface area contributed by atoms with Crippen molar-refractivity contribution < 1.29 is 27.4 Å². The molecule has 0 aliphatic carbocycles. The molecule has 0 N–H and O–H groups in total. The van der Waals surface area contributed by atoms with Gasteiger partial charge in [0.2, 0.25) is 0 Å². The SMILES string of the molecule is CCOC(=O)c1cc(SC)nnc1Oc1cccc(C(F)(F)F)c1. The number of carbonyl (C=O) groups is 1. The van der Waals surface area contributed by atoms with E-state index in [-0.39, 0.29) is 23.8 Å². The van der Waals surface area contributed by atoms with Crippen LogP contribution in [0, 0.1) is 0 Å². The summed E-state index contributed by atoms with van der Waals surface area (Å²) >= 11 is 1.25. The molecule has 0 aliphatic heterocycles. The van der Waals surface area contributed by atoms with E-state index in [1.807, 2.05) is 0 Å². The second-order valence-electron chi connectivity index (χ2n) is 4.45. The van der Waals surface area contributed by atoms with Crippen molar-refractivity contribution in [1.29, 1.82) is 0 Å². The van der Waals surface area contributed by atoms with Crippen LogP contribution in [0.4, 0.5) is 13.2 Å². The standard InChI is InChI=1S/C15H13F3N2O3S/c1-3-22-14(21)11-8-12(24-2)19-20-13(11)23-10-6-4-5-9(7-10)15(16,17)18/h4-8H,3H2,1-2H3. The number of ether oxygens (including phenoxy) is 2. The molecule has 2 aromatic rings. The van der Waals surface area contributed by atoms with E-state index in [2.05, 4.69) is 10.2 Å². The van der Waals surface area contributed by atoms with Crippen molar-refractivity contribution >= 4 is 17.7 Å². The van der Waals surface area contributed by atoms with E-state index < -0.39 is 17.7 Å². The van der Waals surface area contributed by atoms with Gasteiger partial charge in [-0.3, -0.25) is 0 Å². The average Bonchev–Trinajstić information content (AvgIpc) is 2.55. The summed E-state index contributed by atoms with van der Waals surface area (Å²) in [5.74, 6) is -1.02. The summed E-state index contributed by atoms with van der Waals surface area (Å²) in [4.78, 5) is 12.0. The van der Waals surface area contributed by atoms with Gasteiger partial charge in [-0.05, 0) is 37.4 Å². The summed E-state index contributed by atoms with van der Waals surface area (Å²) < 4.78 is 48.5. The zero-order chi connectivity index (χ0) is 17.7. The van der Waals surface area contributed by atoms with Gasteiger partial charge in [-0.25, -0.2) is 4.79 Å². The molecule has 0 saturated carbocycles.